The number of ketones is 1. The number of carbonyl (C=O) groups is 1. The standard InChI is InChI=1S/C11H21NO.C4H8.C2H6/c1-8(2)11(13)10-6-5-7-12(10)9(3)4;1-3-4-2;1-2/h8-10H,5-7H2,1-4H3;3H,1,4H2,2H3;1-2H3. The topological polar surface area (TPSA) is 20.3 Å². The van der Waals surface area contributed by atoms with Crippen molar-refractivity contribution >= 4 is 5.78 Å². The van der Waals surface area contributed by atoms with E-state index in [-0.39, 0.29) is 12.0 Å². The molecule has 0 radical (unpaired) electrons. The molecule has 0 aromatic carbocycles. The summed E-state index contributed by atoms with van der Waals surface area (Å²) in [5, 5.41) is 0. The van der Waals surface area contributed by atoms with Gasteiger partial charge in [-0.25, -0.2) is 0 Å². The van der Waals surface area contributed by atoms with Crippen LogP contribution in [0.5, 0.6) is 0 Å². The summed E-state index contributed by atoms with van der Waals surface area (Å²) in [6.45, 7) is 19.0. The number of carbonyl (C=O) groups excluding carboxylic acids is 1. The van der Waals surface area contributed by atoms with Gasteiger partial charge in [-0.05, 0) is 39.7 Å². The van der Waals surface area contributed by atoms with E-state index in [2.05, 4.69) is 32.3 Å². The number of rotatable bonds is 4. The van der Waals surface area contributed by atoms with Gasteiger partial charge in [0.2, 0.25) is 0 Å². The Morgan fingerprint density at radius 2 is 1.79 bits per heavy atom. The molecule has 1 aliphatic rings. The Bertz CT molecular complexity index is 233. The minimum Gasteiger partial charge on any atom is -0.298 e. The van der Waals surface area contributed by atoms with E-state index in [1.54, 1.807) is 0 Å². The fourth-order valence-corrected chi connectivity index (χ4v) is 2.10. The fraction of sp³-hybridized carbons (Fsp3) is 0.824. The first-order valence-corrected chi connectivity index (χ1v) is 7.86. The summed E-state index contributed by atoms with van der Waals surface area (Å²) in [6, 6.07) is 0.718. The molecule has 0 saturated carbocycles. The summed E-state index contributed by atoms with van der Waals surface area (Å²) in [5.41, 5.74) is 0. The molecular weight excluding hydrogens is 234 g/mol. The van der Waals surface area contributed by atoms with Gasteiger partial charge in [0.15, 0.2) is 5.78 Å². The van der Waals surface area contributed by atoms with Gasteiger partial charge in [-0.3, -0.25) is 9.69 Å². The van der Waals surface area contributed by atoms with Gasteiger partial charge in [0.05, 0.1) is 6.04 Å². The molecule has 1 rings (SSSR count). The van der Waals surface area contributed by atoms with Crippen molar-refractivity contribution in [1.82, 2.24) is 4.90 Å². The van der Waals surface area contributed by atoms with Crippen LogP contribution < -0.4 is 0 Å². The molecule has 0 aromatic rings. The van der Waals surface area contributed by atoms with Crippen LogP contribution in [0.4, 0.5) is 0 Å². The highest BCUT2D eigenvalue weighted by Gasteiger charge is 2.32. The Labute approximate surface area is 121 Å². The zero-order valence-corrected chi connectivity index (χ0v) is 14.2. The lowest BCUT2D eigenvalue weighted by atomic mass is 9.99. The molecule has 2 nitrogen and oxygen atoms in total. The van der Waals surface area contributed by atoms with E-state index in [0.717, 1.165) is 19.4 Å². The van der Waals surface area contributed by atoms with Crippen LogP contribution in [0.15, 0.2) is 12.7 Å². The van der Waals surface area contributed by atoms with Crippen molar-refractivity contribution in [3.63, 3.8) is 0 Å². The third-order valence-corrected chi connectivity index (χ3v) is 3.14. The number of hydrogen-bond acceptors (Lipinski definition) is 2. The van der Waals surface area contributed by atoms with E-state index in [4.69, 9.17) is 0 Å². The fourth-order valence-electron chi connectivity index (χ4n) is 2.10. The molecule has 1 heterocycles. The third kappa shape index (κ3) is 8.20. The second-order valence-corrected chi connectivity index (χ2v) is 5.24. The maximum absolute atomic E-state index is 11.8. The normalized spacial score (nSPS) is 18.5. The maximum Gasteiger partial charge on any atom is 0.152 e. The van der Waals surface area contributed by atoms with Crippen molar-refractivity contribution in [2.24, 2.45) is 5.92 Å². The number of likely N-dealkylation sites (tertiary alicyclic amines) is 1. The highest BCUT2D eigenvalue weighted by molar-refractivity contribution is 5.86. The highest BCUT2D eigenvalue weighted by atomic mass is 16.1. The van der Waals surface area contributed by atoms with E-state index < -0.39 is 0 Å². The first-order chi connectivity index (χ1) is 8.95. The van der Waals surface area contributed by atoms with Crippen LogP contribution >= 0.6 is 0 Å². The van der Waals surface area contributed by atoms with E-state index >= 15 is 0 Å². The molecule has 1 fully saturated rings. The summed E-state index contributed by atoms with van der Waals surface area (Å²) in [7, 11) is 0. The first-order valence-electron chi connectivity index (χ1n) is 7.86. The van der Waals surface area contributed by atoms with Gasteiger partial charge in [-0.2, -0.15) is 0 Å². The van der Waals surface area contributed by atoms with E-state index in [1.165, 1.54) is 6.42 Å². The number of Topliss-reactive ketones (excluding diaryl/α,β-unsaturated/α-hetero) is 1. The predicted molar refractivity (Wildman–Crippen MR) is 86.5 cm³/mol. The molecule has 2 heteroatoms. The van der Waals surface area contributed by atoms with Crippen molar-refractivity contribution in [2.45, 2.75) is 79.8 Å². The summed E-state index contributed by atoms with van der Waals surface area (Å²) in [4.78, 5) is 14.2. The Hall–Kier alpha value is -0.630. The van der Waals surface area contributed by atoms with Gasteiger partial charge in [0, 0.05) is 12.0 Å². The average molecular weight is 269 g/mol. The van der Waals surface area contributed by atoms with Crippen molar-refractivity contribution in [2.75, 3.05) is 6.54 Å². The molecule has 114 valence electrons. The van der Waals surface area contributed by atoms with Crippen LogP contribution in [-0.4, -0.2) is 29.3 Å². The smallest absolute Gasteiger partial charge is 0.152 e. The Kier molecular flexibility index (Phi) is 13.5. The summed E-state index contributed by atoms with van der Waals surface area (Å²) < 4.78 is 0. The van der Waals surface area contributed by atoms with E-state index in [9.17, 15) is 4.79 Å². The molecule has 0 N–H and O–H groups in total. The molecule has 1 atom stereocenters. The minimum atomic E-state index is 0.185. The third-order valence-electron chi connectivity index (χ3n) is 3.14. The minimum absolute atomic E-state index is 0.185. The molecular formula is C17H35NO. The first kappa shape index (κ1) is 20.7. The zero-order valence-electron chi connectivity index (χ0n) is 14.2. The molecule has 0 bridgehead atoms. The lowest BCUT2D eigenvalue weighted by molar-refractivity contribution is -0.126. The largest absolute Gasteiger partial charge is 0.298 e. The molecule has 0 aromatic heterocycles. The maximum atomic E-state index is 11.8. The van der Waals surface area contributed by atoms with Gasteiger partial charge in [-0.15, -0.1) is 6.58 Å². The molecule has 19 heavy (non-hydrogen) atoms. The predicted octanol–water partition coefficient (Wildman–Crippen LogP) is 4.69. The van der Waals surface area contributed by atoms with E-state index in [0.29, 0.717) is 11.8 Å². The van der Waals surface area contributed by atoms with Gasteiger partial charge in [0.1, 0.15) is 0 Å². The van der Waals surface area contributed by atoms with Gasteiger partial charge in [-0.1, -0.05) is 40.7 Å². The number of allylic oxidation sites excluding steroid dienone is 1. The summed E-state index contributed by atoms with van der Waals surface area (Å²) >= 11 is 0. The van der Waals surface area contributed by atoms with Crippen LogP contribution in [-0.2, 0) is 4.79 Å². The van der Waals surface area contributed by atoms with Crippen molar-refractivity contribution in [1.29, 1.82) is 0 Å². The van der Waals surface area contributed by atoms with Crippen LogP contribution in [0.1, 0.15) is 67.7 Å². The number of nitrogens with zero attached hydrogens (tertiary/aromatic N) is 1. The Balaban J connectivity index is 0. The second kappa shape index (κ2) is 12.4. The lowest BCUT2D eigenvalue weighted by Crippen LogP contribution is -2.42. The summed E-state index contributed by atoms with van der Waals surface area (Å²) in [6.07, 6.45) is 5.20. The van der Waals surface area contributed by atoms with Crippen LogP contribution in [0.2, 0.25) is 0 Å². The van der Waals surface area contributed by atoms with Crippen LogP contribution in [0.25, 0.3) is 0 Å². The Morgan fingerprint density at radius 1 is 1.32 bits per heavy atom. The van der Waals surface area contributed by atoms with Crippen LogP contribution in [0.3, 0.4) is 0 Å². The summed E-state index contributed by atoms with van der Waals surface area (Å²) in [5.74, 6) is 0.607. The monoisotopic (exact) mass is 269 g/mol. The SMILES string of the molecule is C=CCC.CC.CC(C)C(=O)C1CCCN1C(C)C. The molecule has 0 aliphatic carbocycles. The molecule has 1 aliphatic heterocycles. The van der Waals surface area contributed by atoms with Crippen molar-refractivity contribution in [3.8, 4) is 0 Å². The quantitative estimate of drug-likeness (QED) is 0.690. The Morgan fingerprint density at radius 3 is 2.11 bits per heavy atom. The zero-order chi connectivity index (χ0) is 15.4. The number of hydrogen-bond donors (Lipinski definition) is 0. The van der Waals surface area contributed by atoms with Gasteiger partial charge in [0.25, 0.3) is 0 Å². The second-order valence-electron chi connectivity index (χ2n) is 5.24. The van der Waals surface area contributed by atoms with Gasteiger partial charge < -0.3 is 0 Å². The van der Waals surface area contributed by atoms with Crippen molar-refractivity contribution < 1.29 is 4.79 Å². The van der Waals surface area contributed by atoms with Gasteiger partial charge >= 0.3 is 0 Å². The van der Waals surface area contributed by atoms with E-state index in [1.807, 2.05) is 33.8 Å². The van der Waals surface area contributed by atoms with Crippen LogP contribution in [0, 0.1) is 5.92 Å². The van der Waals surface area contributed by atoms with Crippen molar-refractivity contribution in [3.05, 3.63) is 12.7 Å². The molecule has 1 unspecified atom stereocenters. The average Bonchev–Trinajstić information content (AvgIpc) is 2.89. The lowest BCUT2D eigenvalue weighted by Gasteiger charge is -2.28. The molecule has 0 spiro atoms. The molecule has 1 saturated heterocycles. The highest BCUT2D eigenvalue weighted by Crippen LogP contribution is 2.22. The molecule has 0 amide bonds.